The molecule has 2 atom stereocenters. The first kappa shape index (κ1) is 14.7. The molecule has 1 aliphatic heterocycles. The Morgan fingerprint density at radius 1 is 1.35 bits per heavy atom. The Kier molecular flexibility index (Phi) is 3.81. The van der Waals surface area contributed by atoms with Crippen molar-refractivity contribution in [2.24, 2.45) is 5.92 Å². The number of rotatable bonds is 4. The van der Waals surface area contributed by atoms with Crippen LogP contribution < -0.4 is 0 Å². The Morgan fingerprint density at radius 2 is 2.13 bits per heavy atom. The maximum Gasteiger partial charge on any atom is 0.228 e. The van der Waals surface area contributed by atoms with Crippen LogP contribution in [0.15, 0.2) is 24.3 Å². The first-order valence-corrected chi connectivity index (χ1v) is 8.61. The lowest BCUT2D eigenvalue weighted by Gasteiger charge is -2.31. The van der Waals surface area contributed by atoms with E-state index in [0.717, 1.165) is 49.2 Å². The molecule has 2 aliphatic rings. The number of fused-ring (bicyclic) bond motifs is 1. The number of amides is 1. The van der Waals surface area contributed by atoms with Crippen LogP contribution in [0.5, 0.6) is 0 Å². The van der Waals surface area contributed by atoms with E-state index < -0.39 is 0 Å². The van der Waals surface area contributed by atoms with Gasteiger partial charge in [-0.1, -0.05) is 12.1 Å². The van der Waals surface area contributed by atoms with Crippen molar-refractivity contribution in [3.05, 3.63) is 30.1 Å². The highest BCUT2D eigenvalue weighted by atomic mass is 16.5. The van der Waals surface area contributed by atoms with E-state index in [2.05, 4.69) is 11.1 Å². The van der Waals surface area contributed by atoms with E-state index in [9.17, 15) is 4.79 Å². The van der Waals surface area contributed by atoms with Gasteiger partial charge in [0.25, 0.3) is 0 Å². The molecule has 1 aromatic heterocycles. The fraction of sp³-hybridized carbons (Fsp3) is 0.556. The SMILES string of the molecule is CCOC1CC1C(=O)N1CCC(c2nc3ccccc3[nH]2)CC1. The van der Waals surface area contributed by atoms with Crippen molar-refractivity contribution in [3.8, 4) is 0 Å². The van der Waals surface area contributed by atoms with Crippen molar-refractivity contribution in [2.75, 3.05) is 19.7 Å². The third kappa shape index (κ3) is 2.85. The highest BCUT2D eigenvalue weighted by Gasteiger charge is 2.46. The number of hydrogen-bond donors (Lipinski definition) is 1. The van der Waals surface area contributed by atoms with Crippen LogP contribution in [0.25, 0.3) is 11.0 Å². The van der Waals surface area contributed by atoms with Crippen LogP contribution in [0, 0.1) is 5.92 Å². The van der Waals surface area contributed by atoms with Gasteiger partial charge in [0, 0.05) is 25.6 Å². The molecular formula is C18H23N3O2. The van der Waals surface area contributed by atoms with Gasteiger partial charge in [-0.05, 0) is 38.3 Å². The lowest BCUT2D eigenvalue weighted by molar-refractivity contribution is -0.134. The highest BCUT2D eigenvalue weighted by molar-refractivity contribution is 5.82. The Labute approximate surface area is 136 Å². The minimum Gasteiger partial charge on any atom is -0.378 e. The first-order valence-electron chi connectivity index (χ1n) is 8.61. The number of nitrogens with one attached hydrogen (secondary N) is 1. The molecule has 0 bridgehead atoms. The molecule has 4 rings (SSSR count). The highest BCUT2D eigenvalue weighted by Crippen LogP contribution is 2.37. The van der Waals surface area contributed by atoms with Gasteiger partial charge in [-0.25, -0.2) is 4.98 Å². The van der Waals surface area contributed by atoms with Gasteiger partial charge in [0.2, 0.25) is 5.91 Å². The maximum atomic E-state index is 12.5. The fourth-order valence-corrected chi connectivity index (χ4v) is 3.60. The molecule has 2 heterocycles. The zero-order valence-corrected chi connectivity index (χ0v) is 13.5. The van der Waals surface area contributed by atoms with Crippen LogP contribution in [0.4, 0.5) is 0 Å². The summed E-state index contributed by atoms with van der Waals surface area (Å²) in [5.41, 5.74) is 2.12. The number of ether oxygens (including phenoxy) is 1. The van der Waals surface area contributed by atoms with Gasteiger partial charge in [-0.15, -0.1) is 0 Å². The average molecular weight is 313 g/mol. The summed E-state index contributed by atoms with van der Waals surface area (Å²) in [5.74, 6) is 1.88. The maximum absolute atomic E-state index is 12.5. The van der Waals surface area contributed by atoms with Crippen LogP contribution in [0.3, 0.4) is 0 Å². The summed E-state index contributed by atoms with van der Waals surface area (Å²) in [6.45, 7) is 4.34. The third-order valence-corrected chi connectivity index (χ3v) is 5.03. The Morgan fingerprint density at radius 3 is 2.87 bits per heavy atom. The Balaban J connectivity index is 1.36. The molecule has 1 amide bonds. The molecule has 2 fully saturated rings. The molecule has 5 heteroatoms. The standard InChI is InChI=1S/C18H23N3O2/c1-2-23-16-11-13(16)18(22)21-9-7-12(8-10-21)17-19-14-5-3-4-6-15(14)20-17/h3-6,12-13,16H,2,7-11H2,1H3,(H,19,20). The van der Waals surface area contributed by atoms with Crippen molar-refractivity contribution < 1.29 is 9.53 Å². The number of benzene rings is 1. The molecule has 1 N–H and O–H groups in total. The summed E-state index contributed by atoms with van der Waals surface area (Å²) in [5, 5.41) is 0. The van der Waals surface area contributed by atoms with Gasteiger partial charge in [-0.2, -0.15) is 0 Å². The molecular weight excluding hydrogens is 290 g/mol. The molecule has 2 unspecified atom stereocenters. The normalized spacial score (nSPS) is 25.0. The van der Waals surface area contributed by atoms with Crippen LogP contribution in [0.2, 0.25) is 0 Å². The second-order valence-corrected chi connectivity index (χ2v) is 6.57. The molecule has 1 aromatic carbocycles. The van der Waals surface area contributed by atoms with Crippen LogP contribution in [0.1, 0.15) is 37.9 Å². The molecule has 1 saturated heterocycles. The number of H-pyrrole nitrogens is 1. The summed E-state index contributed by atoms with van der Waals surface area (Å²) in [4.78, 5) is 22.6. The molecule has 122 valence electrons. The molecule has 1 aliphatic carbocycles. The summed E-state index contributed by atoms with van der Waals surface area (Å²) in [6, 6.07) is 8.13. The molecule has 0 radical (unpaired) electrons. The van der Waals surface area contributed by atoms with Gasteiger partial charge >= 0.3 is 0 Å². The summed E-state index contributed by atoms with van der Waals surface area (Å²) >= 11 is 0. The van der Waals surface area contributed by atoms with Crippen molar-refractivity contribution in [1.82, 2.24) is 14.9 Å². The van der Waals surface area contributed by atoms with E-state index in [4.69, 9.17) is 9.72 Å². The predicted molar refractivity (Wildman–Crippen MR) is 88.2 cm³/mol. The minimum atomic E-state index is 0.109. The number of piperidine rings is 1. The van der Waals surface area contributed by atoms with Crippen LogP contribution in [-0.4, -0.2) is 46.6 Å². The summed E-state index contributed by atoms with van der Waals surface area (Å²) in [7, 11) is 0. The molecule has 0 spiro atoms. The van der Waals surface area contributed by atoms with Crippen LogP contribution >= 0.6 is 0 Å². The number of para-hydroxylation sites is 2. The Hall–Kier alpha value is -1.88. The summed E-state index contributed by atoms with van der Waals surface area (Å²) in [6.07, 6.45) is 3.03. The minimum absolute atomic E-state index is 0.109. The van der Waals surface area contributed by atoms with Gasteiger partial charge in [0.1, 0.15) is 5.82 Å². The van der Waals surface area contributed by atoms with Gasteiger partial charge in [-0.3, -0.25) is 4.79 Å². The van der Waals surface area contributed by atoms with Crippen molar-refractivity contribution in [1.29, 1.82) is 0 Å². The van der Waals surface area contributed by atoms with E-state index in [-0.39, 0.29) is 17.9 Å². The number of nitrogens with zero attached hydrogens (tertiary/aromatic N) is 2. The van der Waals surface area contributed by atoms with Crippen molar-refractivity contribution in [2.45, 2.75) is 38.2 Å². The van der Waals surface area contributed by atoms with Crippen molar-refractivity contribution in [3.63, 3.8) is 0 Å². The number of aromatic nitrogens is 2. The van der Waals surface area contributed by atoms with Crippen molar-refractivity contribution >= 4 is 16.9 Å². The molecule has 5 nitrogen and oxygen atoms in total. The topological polar surface area (TPSA) is 58.2 Å². The number of likely N-dealkylation sites (tertiary alicyclic amines) is 1. The first-order chi connectivity index (χ1) is 11.3. The zero-order valence-electron chi connectivity index (χ0n) is 13.5. The lowest BCUT2D eigenvalue weighted by Crippen LogP contribution is -2.39. The number of hydrogen-bond acceptors (Lipinski definition) is 3. The quantitative estimate of drug-likeness (QED) is 0.944. The van der Waals surface area contributed by atoms with E-state index in [1.165, 1.54) is 0 Å². The average Bonchev–Trinajstić information content (AvgIpc) is 3.21. The summed E-state index contributed by atoms with van der Waals surface area (Å²) < 4.78 is 5.54. The lowest BCUT2D eigenvalue weighted by atomic mass is 9.96. The van der Waals surface area contributed by atoms with E-state index in [1.807, 2.05) is 30.0 Å². The number of imidazole rings is 1. The number of carbonyl (C=O) groups is 1. The fourth-order valence-electron chi connectivity index (χ4n) is 3.60. The second kappa shape index (κ2) is 5.96. The molecule has 1 saturated carbocycles. The zero-order chi connectivity index (χ0) is 15.8. The number of aromatic amines is 1. The van der Waals surface area contributed by atoms with Gasteiger partial charge in [0.15, 0.2) is 0 Å². The Bertz CT molecular complexity index is 670. The van der Waals surface area contributed by atoms with Gasteiger partial charge < -0.3 is 14.6 Å². The van der Waals surface area contributed by atoms with E-state index >= 15 is 0 Å². The smallest absolute Gasteiger partial charge is 0.228 e. The largest absolute Gasteiger partial charge is 0.378 e. The second-order valence-electron chi connectivity index (χ2n) is 6.57. The van der Waals surface area contributed by atoms with E-state index in [1.54, 1.807) is 0 Å². The number of carbonyl (C=O) groups excluding carboxylic acids is 1. The third-order valence-electron chi connectivity index (χ3n) is 5.03. The van der Waals surface area contributed by atoms with Crippen LogP contribution in [-0.2, 0) is 9.53 Å². The monoisotopic (exact) mass is 313 g/mol. The molecule has 23 heavy (non-hydrogen) atoms. The predicted octanol–water partition coefficient (Wildman–Crippen LogP) is 2.69. The van der Waals surface area contributed by atoms with Gasteiger partial charge in [0.05, 0.1) is 23.1 Å². The molecule has 2 aromatic rings. The van der Waals surface area contributed by atoms with E-state index in [0.29, 0.717) is 12.5 Å².